The zero-order valence-electron chi connectivity index (χ0n) is 15.2. The maximum atomic E-state index is 12.7. The lowest BCUT2D eigenvalue weighted by atomic mass is 10.0. The van der Waals surface area contributed by atoms with E-state index in [2.05, 4.69) is 10.4 Å². The minimum Gasteiger partial charge on any atom is -0.320 e. The quantitative estimate of drug-likeness (QED) is 0.867. The molecule has 1 aromatic rings. The fourth-order valence-corrected chi connectivity index (χ4v) is 5.24. The number of rotatable bonds is 3. The van der Waals surface area contributed by atoms with Crippen LogP contribution in [-0.4, -0.2) is 48.5 Å². The molecule has 1 unspecified atom stereocenters. The van der Waals surface area contributed by atoms with E-state index in [4.69, 9.17) is 0 Å². The Morgan fingerprint density at radius 1 is 1.19 bits per heavy atom. The van der Waals surface area contributed by atoms with Crippen LogP contribution in [0.25, 0.3) is 0 Å². The predicted molar refractivity (Wildman–Crippen MR) is 99.9 cm³/mol. The molecule has 1 N–H and O–H groups in total. The van der Waals surface area contributed by atoms with Gasteiger partial charge in [-0.25, -0.2) is 13.4 Å². The number of nitrogens with one attached hydrogen (secondary N) is 1. The number of hydrazone groups is 1. The number of benzene rings is 1. The fourth-order valence-electron chi connectivity index (χ4n) is 3.55. The Morgan fingerprint density at radius 3 is 2.42 bits per heavy atom. The molecule has 2 aliphatic rings. The summed E-state index contributed by atoms with van der Waals surface area (Å²) in [6.45, 7) is 5.85. The molecular formula is C18H23N3O4S. The van der Waals surface area contributed by atoms with Crippen molar-refractivity contribution in [1.82, 2.24) is 5.01 Å². The van der Waals surface area contributed by atoms with Crippen LogP contribution in [0.1, 0.15) is 36.0 Å². The molecule has 1 fully saturated rings. The van der Waals surface area contributed by atoms with Crippen molar-refractivity contribution in [2.24, 2.45) is 5.10 Å². The molecule has 0 aromatic heterocycles. The molecule has 0 spiro atoms. The van der Waals surface area contributed by atoms with Gasteiger partial charge in [-0.3, -0.25) is 9.59 Å². The van der Waals surface area contributed by atoms with Crippen LogP contribution in [0.4, 0.5) is 5.69 Å². The molecule has 0 radical (unpaired) electrons. The van der Waals surface area contributed by atoms with Gasteiger partial charge in [0.1, 0.15) is 5.71 Å². The number of amides is 2. The largest absolute Gasteiger partial charge is 0.320 e. The van der Waals surface area contributed by atoms with E-state index in [1.807, 2.05) is 32.9 Å². The Kier molecular flexibility index (Phi) is 4.88. The van der Waals surface area contributed by atoms with Gasteiger partial charge >= 0.3 is 0 Å². The molecule has 1 aromatic carbocycles. The van der Waals surface area contributed by atoms with Crippen LogP contribution in [0.2, 0.25) is 0 Å². The first-order valence-electron chi connectivity index (χ1n) is 8.65. The molecule has 2 aliphatic heterocycles. The lowest BCUT2D eigenvalue weighted by molar-refractivity contribution is -0.133. The van der Waals surface area contributed by atoms with Crippen molar-refractivity contribution in [2.45, 2.75) is 46.1 Å². The van der Waals surface area contributed by atoms with Gasteiger partial charge in [-0.1, -0.05) is 17.7 Å². The number of nitrogens with zero attached hydrogens (tertiary/aromatic N) is 2. The minimum atomic E-state index is -3.13. The van der Waals surface area contributed by atoms with Gasteiger partial charge < -0.3 is 5.32 Å². The number of carbonyl (C=O) groups excluding carboxylic acids is 2. The third kappa shape index (κ3) is 3.80. The van der Waals surface area contributed by atoms with Crippen LogP contribution in [0, 0.1) is 20.8 Å². The Bertz CT molecular complexity index is 882. The minimum absolute atomic E-state index is 0.0558. The van der Waals surface area contributed by atoms with Crippen LogP contribution in [0.15, 0.2) is 17.2 Å². The van der Waals surface area contributed by atoms with Crippen molar-refractivity contribution >= 4 is 33.1 Å². The summed E-state index contributed by atoms with van der Waals surface area (Å²) >= 11 is 0. The van der Waals surface area contributed by atoms with Crippen LogP contribution in [0.3, 0.4) is 0 Å². The van der Waals surface area contributed by atoms with Gasteiger partial charge in [0.2, 0.25) is 5.91 Å². The maximum Gasteiger partial charge on any atom is 0.271 e. The Balaban J connectivity index is 1.81. The fraction of sp³-hybridized carbons (Fsp3) is 0.500. The van der Waals surface area contributed by atoms with Gasteiger partial charge in [0.15, 0.2) is 9.84 Å². The van der Waals surface area contributed by atoms with E-state index < -0.39 is 15.9 Å². The highest BCUT2D eigenvalue weighted by molar-refractivity contribution is 7.91. The summed E-state index contributed by atoms with van der Waals surface area (Å²) in [7, 11) is -3.13. The van der Waals surface area contributed by atoms with E-state index in [1.165, 1.54) is 5.01 Å². The van der Waals surface area contributed by atoms with E-state index >= 15 is 0 Å². The molecule has 2 heterocycles. The standard InChI is InChI=1S/C18H23N3O4S/c1-11-8-12(2)17(13(3)9-11)19-18(23)15-4-5-16(22)21(20-15)14-6-7-26(24,25)10-14/h8-9,14H,4-7,10H2,1-3H3,(H,19,23). The Morgan fingerprint density at radius 2 is 1.85 bits per heavy atom. The van der Waals surface area contributed by atoms with Gasteiger partial charge in [-0.2, -0.15) is 5.10 Å². The molecule has 140 valence electrons. The van der Waals surface area contributed by atoms with Crippen LogP contribution < -0.4 is 5.32 Å². The molecule has 1 saturated heterocycles. The molecule has 3 rings (SSSR count). The lowest BCUT2D eigenvalue weighted by Crippen LogP contribution is -2.42. The lowest BCUT2D eigenvalue weighted by Gasteiger charge is -2.27. The highest BCUT2D eigenvalue weighted by Crippen LogP contribution is 2.24. The van der Waals surface area contributed by atoms with Crippen molar-refractivity contribution in [1.29, 1.82) is 0 Å². The maximum absolute atomic E-state index is 12.7. The highest BCUT2D eigenvalue weighted by atomic mass is 32.2. The molecular weight excluding hydrogens is 354 g/mol. The average molecular weight is 377 g/mol. The summed E-state index contributed by atoms with van der Waals surface area (Å²) in [4.78, 5) is 24.8. The van der Waals surface area contributed by atoms with E-state index in [0.29, 0.717) is 6.42 Å². The summed E-state index contributed by atoms with van der Waals surface area (Å²) < 4.78 is 23.4. The van der Waals surface area contributed by atoms with Gasteiger partial charge in [0.25, 0.3) is 5.91 Å². The number of aryl methyl sites for hydroxylation is 3. The topological polar surface area (TPSA) is 95.9 Å². The second-order valence-electron chi connectivity index (χ2n) is 7.07. The Hall–Kier alpha value is -2.22. The zero-order valence-corrected chi connectivity index (χ0v) is 16.0. The smallest absolute Gasteiger partial charge is 0.271 e. The second-order valence-corrected chi connectivity index (χ2v) is 9.30. The first kappa shape index (κ1) is 18.6. The van der Waals surface area contributed by atoms with Crippen molar-refractivity contribution in [3.8, 4) is 0 Å². The monoisotopic (exact) mass is 377 g/mol. The van der Waals surface area contributed by atoms with E-state index in [9.17, 15) is 18.0 Å². The third-order valence-electron chi connectivity index (χ3n) is 4.79. The summed E-state index contributed by atoms with van der Waals surface area (Å²) in [5, 5.41) is 8.31. The van der Waals surface area contributed by atoms with E-state index in [0.717, 1.165) is 22.4 Å². The molecule has 0 bridgehead atoms. The second kappa shape index (κ2) is 6.83. The van der Waals surface area contributed by atoms with Gasteiger partial charge in [-0.15, -0.1) is 0 Å². The number of sulfone groups is 1. The SMILES string of the molecule is Cc1cc(C)c(NC(=O)C2=NN(C3CCS(=O)(=O)C3)C(=O)CC2)c(C)c1. The normalized spacial score (nSPS) is 22.3. The molecule has 0 aliphatic carbocycles. The number of hydrogen-bond acceptors (Lipinski definition) is 5. The molecule has 2 amide bonds. The third-order valence-corrected chi connectivity index (χ3v) is 6.54. The molecule has 0 saturated carbocycles. The summed E-state index contributed by atoms with van der Waals surface area (Å²) in [5.74, 6) is -0.613. The van der Waals surface area contributed by atoms with Crippen molar-refractivity contribution in [2.75, 3.05) is 16.8 Å². The van der Waals surface area contributed by atoms with E-state index in [-0.39, 0.29) is 41.9 Å². The molecule has 26 heavy (non-hydrogen) atoms. The highest BCUT2D eigenvalue weighted by Gasteiger charge is 2.37. The van der Waals surface area contributed by atoms with Crippen LogP contribution >= 0.6 is 0 Å². The summed E-state index contributed by atoms with van der Waals surface area (Å²) in [5.41, 5.74) is 4.04. The first-order chi connectivity index (χ1) is 12.2. The van der Waals surface area contributed by atoms with Gasteiger partial charge in [-0.05, 0) is 38.3 Å². The molecule has 7 nitrogen and oxygen atoms in total. The first-order valence-corrected chi connectivity index (χ1v) is 10.5. The zero-order chi connectivity index (χ0) is 19.1. The van der Waals surface area contributed by atoms with Gasteiger partial charge in [0, 0.05) is 18.5 Å². The number of hydrogen-bond donors (Lipinski definition) is 1. The predicted octanol–water partition coefficient (Wildman–Crippen LogP) is 1.72. The summed E-state index contributed by atoms with van der Waals surface area (Å²) in [6.07, 6.45) is 0.780. The van der Waals surface area contributed by atoms with Crippen molar-refractivity contribution in [3.05, 3.63) is 28.8 Å². The molecule has 8 heteroatoms. The molecule has 1 atom stereocenters. The van der Waals surface area contributed by atoms with Gasteiger partial charge in [0.05, 0.1) is 17.5 Å². The average Bonchev–Trinajstić information content (AvgIpc) is 2.91. The van der Waals surface area contributed by atoms with Crippen molar-refractivity contribution in [3.63, 3.8) is 0 Å². The van der Waals surface area contributed by atoms with E-state index in [1.54, 1.807) is 0 Å². The Labute approximate surface area is 153 Å². The van der Waals surface area contributed by atoms with Crippen molar-refractivity contribution < 1.29 is 18.0 Å². The van der Waals surface area contributed by atoms with Crippen LogP contribution in [-0.2, 0) is 19.4 Å². The van der Waals surface area contributed by atoms with Crippen LogP contribution in [0.5, 0.6) is 0 Å². The summed E-state index contributed by atoms with van der Waals surface area (Å²) in [6, 6.07) is 3.51. The number of anilines is 1. The number of carbonyl (C=O) groups is 2.